The molecule has 0 aromatic heterocycles. The SMILES string of the molecule is CC#Cc1cc(Br)c(CC(=O)N[C@@]2(C(=O)OC)CC[C@@H](COCC)C2)c(OC)c1. The fourth-order valence-corrected chi connectivity index (χ4v) is 4.35. The van der Waals surface area contributed by atoms with E-state index in [4.69, 9.17) is 14.2 Å². The molecule has 0 saturated heterocycles. The van der Waals surface area contributed by atoms with Crippen LogP contribution in [0, 0.1) is 17.8 Å². The quantitative estimate of drug-likeness (QED) is 0.471. The van der Waals surface area contributed by atoms with E-state index in [1.807, 2.05) is 13.0 Å². The zero-order valence-corrected chi connectivity index (χ0v) is 19.0. The number of methoxy groups -OCH3 is 2. The fourth-order valence-electron chi connectivity index (χ4n) is 3.77. The number of hydrogen-bond acceptors (Lipinski definition) is 5. The fraction of sp³-hybridized carbons (Fsp3) is 0.545. The van der Waals surface area contributed by atoms with E-state index in [0.717, 1.165) is 16.5 Å². The van der Waals surface area contributed by atoms with Crippen LogP contribution in [0.4, 0.5) is 0 Å². The molecule has 2 atom stereocenters. The predicted molar refractivity (Wildman–Crippen MR) is 114 cm³/mol. The van der Waals surface area contributed by atoms with Gasteiger partial charge in [-0.2, -0.15) is 0 Å². The van der Waals surface area contributed by atoms with Gasteiger partial charge in [0.1, 0.15) is 11.3 Å². The second kappa shape index (κ2) is 10.7. The lowest BCUT2D eigenvalue weighted by atomic mass is 9.95. The summed E-state index contributed by atoms with van der Waals surface area (Å²) in [6.07, 6.45) is 1.91. The van der Waals surface area contributed by atoms with Crippen LogP contribution in [0.5, 0.6) is 5.75 Å². The van der Waals surface area contributed by atoms with E-state index in [-0.39, 0.29) is 18.2 Å². The van der Waals surface area contributed by atoms with Crippen molar-refractivity contribution < 1.29 is 23.8 Å². The molecule has 1 aliphatic carbocycles. The smallest absolute Gasteiger partial charge is 0.331 e. The number of halogens is 1. The Morgan fingerprint density at radius 1 is 1.34 bits per heavy atom. The van der Waals surface area contributed by atoms with Crippen molar-refractivity contribution in [2.75, 3.05) is 27.4 Å². The van der Waals surface area contributed by atoms with Crippen molar-refractivity contribution in [3.8, 4) is 17.6 Å². The molecule has 0 heterocycles. The maximum atomic E-state index is 12.9. The minimum absolute atomic E-state index is 0.0679. The maximum Gasteiger partial charge on any atom is 0.331 e. The molecule has 1 amide bonds. The number of hydrogen-bond donors (Lipinski definition) is 1. The summed E-state index contributed by atoms with van der Waals surface area (Å²) in [5, 5.41) is 2.94. The highest BCUT2D eigenvalue weighted by Gasteiger charge is 2.47. The number of carbonyl (C=O) groups excluding carboxylic acids is 2. The highest BCUT2D eigenvalue weighted by molar-refractivity contribution is 9.10. The minimum atomic E-state index is -1.01. The molecule has 1 aromatic carbocycles. The van der Waals surface area contributed by atoms with E-state index in [1.165, 1.54) is 7.11 Å². The molecule has 0 bridgehead atoms. The summed E-state index contributed by atoms with van der Waals surface area (Å²) in [5.74, 6) is 5.93. The van der Waals surface area contributed by atoms with Crippen molar-refractivity contribution in [2.45, 2.75) is 45.1 Å². The summed E-state index contributed by atoms with van der Waals surface area (Å²) >= 11 is 3.51. The third kappa shape index (κ3) is 5.74. The van der Waals surface area contributed by atoms with Crippen molar-refractivity contribution >= 4 is 27.8 Å². The van der Waals surface area contributed by atoms with Crippen molar-refractivity contribution in [3.05, 3.63) is 27.7 Å². The molecule has 158 valence electrons. The molecule has 1 fully saturated rings. The first-order valence-corrected chi connectivity index (χ1v) is 10.4. The highest BCUT2D eigenvalue weighted by atomic mass is 79.9. The predicted octanol–water partition coefficient (Wildman–Crippen LogP) is 3.24. The van der Waals surface area contributed by atoms with Crippen LogP contribution in [0.2, 0.25) is 0 Å². The molecule has 1 N–H and O–H groups in total. The van der Waals surface area contributed by atoms with E-state index in [0.29, 0.717) is 37.4 Å². The van der Waals surface area contributed by atoms with Gasteiger partial charge in [0.25, 0.3) is 0 Å². The molecule has 29 heavy (non-hydrogen) atoms. The first-order chi connectivity index (χ1) is 13.9. The van der Waals surface area contributed by atoms with Gasteiger partial charge in [-0.15, -0.1) is 5.92 Å². The van der Waals surface area contributed by atoms with E-state index < -0.39 is 11.5 Å². The van der Waals surface area contributed by atoms with Gasteiger partial charge in [0.2, 0.25) is 5.91 Å². The second-order valence-corrected chi connectivity index (χ2v) is 7.94. The lowest BCUT2D eigenvalue weighted by molar-refractivity contribution is -0.150. The molecule has 0 spiro atoms. The standard InChI is InChI=1S/C22H28BrNO5/c1-5-7-15-10-18(23)17(19(11-15)27-3)12-20(25)24-22(21(26)28-4)9-8-16(13-22)14-29-6-2/h10-11,16H,6,8-9,12-14H2,1-4H3,(H,24,25)/t16-,22+/m1/s1. The second-order valence-electron chi connectivity index (χ2n) is 7.08. The summed E-state index contributed by atoms with van der Waals surface area (Å²) in [7, 11) is 2.90. The zero-order valence-electron chi connectivity index (χ0n) is 17.4. The molecule has 0 radical (unpaired) electrons. The van der Waals surface area contributed by atoms with Gasteiger partial charge in [-0.25, -0.2) is 4.79 Å². The molecule has 7 heteroatoms. The average molecular weight is 466 g/mol. The van der Waals surface area contributed by atoms with Gasteiger partial charge in [-0.05, 0) is 51.2 Å². The van der Waals surface area contributed by atoms with Crippen LogP contribution in [0.1, 0.15) is 44.2 Å². The van der Waals surface area contributed by atoms with Crippen LogP contribution in [-0.2, 0) is 25.5 Å². The van der Waals surface area contributed by atoms with E-state index in [1.54, 1.807) is 20.1 Å². The molecule has 0 aliphatic heterocycles. The Balaban J connectivity index is 2.19. The van der Waals surface area contributed by atoms with Crippen LogP contribution in [0.3, 0.4) is 0 Å². The summed E-state index contributed by atoms with van der Waals surface area (Å²) in [5.41, 5.74) is 0.484. The molecular formula is C22H28BrNO5. The molecule has 6 nitrogen and oxygen atoms in total. The molecule has 1 saturated carbocycles. The first kappa shape index (κ1) is 23.2. The molecular weight excluding hydrogens is 438 g/mol. The lowest BCUT2D eigenvalue weighted by Crippen LogP contribution is -2.54. The number of benzene rings is 1. The Kier molecular flexibility index (Phi) is 8.54. The van der Waals surface area contributed by atoms with Gasteiger partial charge in [-0.3, -0.25) is 4.79 Å². The van der Waals surface area contributed by atoms with Gasteiger partial charge in [0.15, 0.2) is 0 Å². The van der Waals surface area contributed by atoms with E-state index in [2.05, 4.69) is 33.1 Å². The normalized spacial score (nSPS) is 20.5. The zero-order chi connectivity index (χ0) is 21.4. The number of esters is 1. The highest BCUT2D eigenvalue weighted by Crippen LogP contribution is 2.36. The average Bonchev–Trinajstić information content (AvgIpc) is 3.11. The van der Waals surface area contributed by atoms with Crippen LogP contribution >= 0.6 is 15.9 Å². The summed E-state index contributed by atoms with van der Waals surface area (Å²) in [4.78, 5) is 25.4. The largest absolute Gasteiger partial charge is 0.496 e. The molecule has 2 rings (SSSR count). The lowest BCUT2D eigenvalue weighted by Gasteiger charge is -2.28. The van der Waals surface area contributed by atoms with Gasteiger partial charge < -0.3 is 19.5 Å². The van der Waals surface area contributed by atoms with Crippen molar-refractivity contribution in [3.63, 3.8) is 0 Å². The van der Waals surface area contributed by atoms with Crippen molar-refractivity contribution in [1.82, 2.24) is 5.32 Å². The summed E-state index contributed by atoms with van der Waals surface area (Å²) < 4.78 is 16.7. The summed E-state index contributed by atoms with van der Waals surface area (Å²) in [6.45, 7) is 4.89. The van der Waals surface area contributed by atoms with Crippen LogP contribution in [0.25, 0.3) is 0 Å². The number of amides is 1. The van der Waals surface area contributed by atoms with E-state index >= 15 is 0 Å². The van der Waals surface area contributed by atoms with Crippen LogP contribution < -0.4 is 10.1 Å². The van der Waals surface area contributed by atoms with E-state index in [9.17, 15) is 9.59 Å². The monoisotopic (exact) mass is 465 g/mol. The maximum absolute atomic E-state index is 12.9. The van der Waals surface area contributed by atoms with Crippen LogP contribution in [0.15, 0.2) is 16.6 Å². The Morgan fingerprint density at radius 3 is 2.72 bits per heavy atom. The van der Waals surface area contributed by atoms with Gasteiger partial charge >= 0.3 is 5.97 Å². The first-order valence-electron chi connectivity index (χ1n) is 9.65. The molecule has 1 aliphatic rings. The minimum Gasteiger partial charge on any atom is -0.496 e. The Labute approximate surface area is 180 Å². The Bertz CT molecular complexity index is 813. The topological polar surface area (TPSA) is 73.9 Å². The molecule has 1 aromatic rings. The Hall–Kier alpha value is -2.04. The third-order valence-electron chi connectivity index (χ3n) is 5.11. The number of ether oxygens (including phenoxy) is 3. The Morgan fingerprint density at radius 2 is 2.10 bits per heavy atom. The molecule has 0 unspecified atom stereocenters. The van der Waals surface area contributed by atoms with Gasteiger partial charge in [0, 0.05) is 28.8 Å². The van der Waals surface area contributed by atoms with Crippen LogP contribution in [-0.4, -0.2) is 44.8 Å². The number of rotatable bonds is 8. The van der Waals surface area contributed by atoms with Crippen molar-refractivity contribution in [2.24, 2.45) is 5.92 Å². The third-order valence-corrected chi connectivity index (χ3v) is 5.82. The van der Waals surface area contributed by atoms with Gasteiger partial charge in [-0.1, -0.05) is 21.9 Å². The van der Waals surface area contributed by atoms with Crippen molar-refractivity contribution in [1.29, 1.82) is 0 Å². The summed E-state index contributed by atoms with van der Waals surface area (Å²) in [6, 6.07) is 3.65. The number of nitrogens with one attached hydrogen (secondary N) is 1. The number of carbonyl (C=O) groups is 2. The van der Waals surface area contributed by atoms with Gasteiger partial charge in [0.05, 0.1) is 20.6 Å².